The van der Waals surface area contributed by atoms with E-state index in [-0.39, 0.29) is 11.9 Å². The maximum absolute atomic E-state index is 13.0. The van der Waals surface area contributed by atoms with Crippen LogP contribution < -0.4 is 10.6 Å². The van der Waals surface area contributed by atoms with Gasteiger partial charge in [-0.3, -0.25) is 0 Å². The highest BCUT2D eigenvalue weighted by molar-refractivity contribution is 5.46. The van der Waals surface area contributed by atoms with Gasteiger partial charge < -0.3 is 10.6 Å². The molecule has 0 aliphatic heterocycles. The molecule has 0 amide bonds. The van der Waals surface area contributed by atoms with Crippen LogP contribution in [0.3, 0.4) is 0 Å². The zero-order chi connectivity index (χ0) is 15.2. The Balaban J connectivity index is 2.08. The van der Waals surface area contributed by atoms with Gasteiger partial charge in [0.15, 0.2) is 0 Å². The molecule has 0 aliphatic rings. The maximum atomic E-state index is 13.0. The molecule has 112 valence electrons. The van der Waals surface area contributed by atoms with Crippen LogP contribution in [-0.2, 0) is 6.42 Å². The lowest BCUT2D eigenvalue weighted by atomic mass is 10.0. The second-order valence-electron chi connectivity index (χ2n) is 5.22. The number of halogens is 1. The predicted molar refractivity (Wildman–Crippen MR) is 87.0 cm³/mol. The number of benzene rings is 2. The summed E-state index contributed by atoms with van der Waals surface area (Å²) in [4.78, 5) is 2.16. The Morgan fingerprint density at radius 1 is 1.00 bits per heavy atom. The van der Waals surface area contributed by atoms with Gasteiger partial charge in [-0.15, -0.1) is 0 Å². The highest BCUT2D eigenvalue weighted by Crippen LogP contribution is 2.19. The van der Waals surface area contributed by atoms with E-state index in [0.29, 0.717) is 6.54 Å². The summed E-state index contributed by atoms with van der Waals surface area (Å²) in [6, 6.07) is 15.0. The monoisotopic (exact) mass is 286 g/mol. The summed E-state index contributed by atoms with van der Waals surface area (Å²) in [5, 5.41) is 0. The third-order valence-corrected chi connectivity index (χ3v) is 3.81. The summed E-state index contributed by atoms with van der Waals surface area (Å²) in [5.41, 5.74) is 9.76. The van der Waals surface area contributed by atoms with Gasteiger partial charge >= 0.3 is 0 Å². The first-order chi connectivity index (χ1) is 10.1. The standard InChI is InChI=1S/C18H23FN2/c1-3-14-5-7-15(8-6-14)18(20)13-21(4-2)17-11-9-16(19)10-12-17/h5-12,18H,3-4,13,20H2,1-2H3. The van der Waals surface area contributed by atoms with E-state index in [1.54, 1.807) is 12.1 Å². The lowest BCUT2D eigenvalue weighted by molar-refractivity contribution is 0.626. The number of hydrogen-bond donors (Lipinski definition) is 1. The van der Waals surface area contributed by atoms with E-state index in [9.17, 15) is 4.39 Å². The van der Waals surface area contributed by atoms with E-state index >= 15 is 0 Å². The average molecular weight is 286 g/mol. The van der Waals surface area contributed by atoms with Crippen LogP contribution in [0, 0.1) is 5.82 Å². The molecule has 2 aromatic rings. The normalized spacial score (nSPS) is 12.2. The molecule has 2 nitrogen and oxygen atoms in total. The molecule has 0 heterocycles. The van der Waals surface area contributed by atoms with Crippen molar-refractivity contribution in [3.8, 4) is 0 Å². The maximum Gasteiger partial charge on any atom is 0.123 e. The van der Waals surface area contributed by atoms with Crippen LogP contribution in [0.4, 0.5) is 10.1 Å². The van der Waals surface area contributed by atoms with Gasteiger partial charge in [-0.25, -0.2) is 4.39 Å². The fourth-order valence-electron chi connectivity index (χ4n) is 2.41. The van der Waals surface area contributed by atoms with Gasteiger partial charge in [-0.2, -0.15) is 0 Å². The van der Waals surface area contributed by atoms with E-state index in [1.807, 2.05) is 0 Å². The van der Waals surface area contributed by atoms with Crippen LogP contribution in [-0.4, -0.2) is 13.1 Å². The molecule has 0 saturated carbocycles. The van der Waals surface area contributed by atoms with Crippen molar-refractivity contribution in [1.29, 1.82) is 0 Å². The van der Waals surface area contributed by atoms with Crippen LogP contribution in [0.25, 0.3) is 0 Å². The summed E-state index contributed by atoms with van der Waals surface area (Å²) < 4.78 is 13.0. The molecule has 2 aromatic carbocycles. The van der Waals surface area contributed by atoms with Crippen LogP contribution in [0.5, 0.6) is 0 Å². The fraction of sp³-hybridized carbons (Fsp3) is 0.333. The minimum absolute atomic E-state index is 0.0547. The highest BCUT2D eigenvalue weighted by atomic mass is 19.1. The molecule has 21 heavy (non-hydrogen) atoms. The smallest absolute Gasteiger partial charge is 0.123 e. The van der Waals surface area contributed by atoms with E-state index in [2.05, 4.69) is 43.0 Å². The van der Waals surface area contributed by atoms with E-state index < -0.39 is 0 Å². The molecule has 1 unspecified atom stereocenters. The Morgan fingerprint density at radius 2 is 1.62 bits per heavy atom. The van der Waals surface area contributed by atoms with Crippen molar-refractivity contribution in [2.75, 3.05) is 18.0 Å². The van der Waals surface area contributed by atoms with Gasteiger partial charge in [0, 0.05) is 24.8 Å². The van der Waals surface area contributed by atoms with Gasteiger partial charge in [0.05, 0.1) is 0 Å². The van der Waals surface area contributed by atoms with Gasteiger partial charge in [0.25, 0.3) is 0 Å². The topological polar surface area (TPSA) is 29.3 Å². The molecule has 0 radical (unpaired) electrons. The Labute approximate surface area is 126 Å². The number of hydrogen-bond acceptors (Lipinski definition) is 2. The number of rotatable bonds is 6. The summed E-state index contributed by atoms with van der Waals surface area (Å²) >= 11 is 0. The minimum Gasteiger partial charge on any atom is -0.370 e. The Kier molecular flexibility index (Phi) is 5.34. The van der Waals surface area contributed by atoms with Crippen molar-refractivity contribution in [1.82, 2.24) is 0 Å². The van der Waals surface area contributed by atoms with Gasteiger partial charge in [0.1, 0.15) is 5.82 Å². The quantitative estimate of drug-likeness (QED) is 0.872. The van der Waals surface area contributed by atoms with E-state index in [1.165, 1.54) is 17.7 Å². The van der Waals surface area contributed by atoms with Crippen molar-refractivity contribution < 1.29 is 4.39 Å². The zero-order valence-electron chi connectivity index (χ0n) is 12.7. The molecule has 0 aliphatic carbocycles. The molecule has 2 N–H and O–H groups in total. The van der Waals surface area contributed by atoms with E-state index in [4.69, 9.17) is 5.73 Å². The van der Waals surface area contributed by atoms with Crippen molar-refractivity contribution in [2.24, 2.45) is 5.73 Å². The average Bonchev–Trinajstić information content (AvgIpc) is 2.53. The molecule has 0 fully saturated rings. The SMILES string of the molecule is CCc1ccc(C(N)CN(CC)c2ccc(F)cc2)cc1. The molecular formula is C18H23FN2. The Hall–Kier alpha value is -1.87. The van der Waals surface area contributed by atoms with Crippen molar-refractivity contribution in [3.05, 3.63) is 65.5 Å². The van der Waals surface area contributed by atoms with Crippen LogP contribution in [0.2, 0.25) is 0 Å². The fourth-order valence-corrected chi connectivity index (χ4v) is 2.41. The lowest BCUT2D eigenvalue weighted by Crippen LogP contribution is -2.32. The third-order valence-electron chi connectivity index (χ3n) is 3.81. The summed E-state index contributed by atoms with van der Waals surface area (Å²) in [7, 11) is 0. The first kappa shape index (κ1) is 15.5. The van der Waals surface area contributed by atoms with Crippen LogP contribution in [0.1, 0.15) is 31.0 Å². The molecule has 0 bridgehead atoms. The Morgan fingerprint density at radius 3 is 2.14 bits per heavy atom. The molecule has 0 spiro atoms. The first-order valence-electron chi connectivity index (χ1n) is 7.49. The number of anilines is 1. The predicted octanol–water partition coefficient (Wildman–Crippen LogP) is 3.91. The molecule has 2 rings (SSSR count). The summed E-state index contributed by atoms with van der Waals surface area (Å²) in [6.07, 6.45) is 1.03. The first-order valence-corrected chi connectivity index (χ1v) is 7.49. The summed E-state index contributed by atoms with van der Waals surface area (Å²) in [6.45, 7) is 5.78. The Bertz CT molecular complexity index is 548. The van der Waals surface area contributed by atoms with Crippen molar-refractivity contribution >= 4 is 5.69 Å². The molecule has 0 aromatic heterocycles. The van der Waals surface area contributed by atoms with Crippen LogP contribution in [0.15, 0.2) is 48.5 Å². The largest absolute Gasteiger partial charge is 0.370 e. The second kappa shape index (κ2) is 7.23. The number of nitrogens with zero attached hydrogens (tertiary/aromatic N) is 1. The van der Waals surface area contributed by atoms with Crippen LogP contribution >= 0.6 is 0 Å². The van der Waals surface area contributed by atoms with Crippen molar-refractivity contribution in [3.63, 3.8) is 0 Å². The van der Waals surface area contributed by atoms with Gasteiger partial charge in [-0.1, -0.05) is 31.2 Å². The molecule has 3 heteroatoms. The van der Waals surface area contributed by atoms with Gasteiger partial charge in [0.2, 0.25) is 0 Å². The van der Waals surface area contributed by atoms with Gasteiger partial charge in [-0.05, 0) is 48.7 Å². The third kappa shape index (κ3) is 4.05. The van der Waals surface area contributed by atoms with E-state index in [0.717, 1.165) is 24.2 Å². The molecular weight excluding hydrogens is 263 g/mol. The number of nitrogens with two attached hydrogens (primary N) is 1. The zero-order valence-corrected chi connectivity index (χ0v) is 12.7. The number of aryl methyl sites for hydroxylation is 1. The minimum atomic E-state index is -0.214. The lowest BCUT2D eigenvalue weighted by Gasteiger charge is -2.27. The van der Waals surface area contributed by atoms with Crippen molar-refractivity contribution in [2.45, 2.75) is 26.3 Å². The second-order valence-corrected chi connectivity index (χ2v) is 5.22. The molecule has 1 atom stereocenters. The highest BCUT2D eigenvalue weighted by Gasteiger charge is 2.12. The molecule has 0 saturated heterocycles. The number of likely N-dealkylation sites (N-methyl/N-ethyl adjacent to an activating group) is 1. The summed E-state index contributed by atoms with van der Waals surface area (Å²) in [5.74, 6) is -0.214.